The normalized spacial score (nSPS) is 19.2. The van der Waals surface area contributed by atoms with E-state index in [9.17, 15) is 4.79 Å². The fourth-order valence-electron chi connectivity index (χ4n) is 3.85. The molecule has 2 aliphatic rings. The Kier molecular flexibility index (Phi) is 3.94. The molecular formula is C19H22N4O. The summed E-state index contributed by atoms with van der Waals surface area (Å²) in [6, 6.07) is 13.8. The topological polar surface area (TPSA) is 48.5 Å². The van der Waals surface area contributed by atoms with E-state index in [4.69, 9.17) is 0 Å². The Morgan fingerprint density at radius 1 is 1.08 bits per heavy atom. The molecule has 3 heterocycles. The first kappa shape index (κ1) is 15.1. The lowest BCUT2D eigenvalue weighted by Crippen LogP contribution is -2.57. The summed E-state index contributed by atoms with van der Waals surface area (Å²) in [4.78, 5) is 20.9. The Balaban J connectivity index is 1.29. The van der Waals surface area contributed by atoms with E-state index in [1.807, 2.05) is 47.6 Å². The maximum Gasteiger partial charge on any atom is 0.321 e. The molecule has 124 valence electrons. The molecule has 24 heavy (non-hydrogen) atoms. The van der Waals surface area contributed by atoms with Crippen LogP contribution in [0, 0.1) is 5.41 Å². The van der Waals surface area contributed by atoms with Crippen LogP contribution in [0.2, 0.25) is 0 Å². The number of carbonyl (C=O) groups is 1. The van der Waals surface area contributed by atoms with Crippen molar-refractivity contribution in [1.29, 1.82) is 0 Å². The Labute approximate surface area is 142 Å². The molecule has 1 spiro atoms. The SMILES string of the molecule is O=C(Nc1ccccc1)N1CCC2(CN(Cc3ccncc3)C2)C1. The van der Waals surface area contributed by atoms with E-state index in [0.717, 1.165) is 44.8 Å². The lowest BCUT2D eigenvalue weighted by Gasteiger charge is -2.48. The average Bonchev–Trinajstić information content (AvgIpc) is 3.02. The first-order chi connectivity index (χ1) is 11.7. The van der Waals surface area contributed by atoms with Gasteiger partial charge in [-0.3, -0.25) is 9.88 Å². The highest BCUT2D eigenvalue weighted by molar-refractivity contribution is 5.89. The standard InChI is InChI=1S/C19H22N4O/c24-18(21-17-4-2-1-3-5-17)23-11-8-19(15-23)13-22(14-19)12-16-6-9-20-10-7-16/h1-7,9-10H,8,11-15H2,(H,21,24). The number of hydrogen-bond donors (Lipinski definition) is 1. The molecule has 0 bridgehead atoms. The van der Waals surface area contributed by atoms with Gasteiger partial charge in [0.25, 0.3) is 0 Å². The van der Waals surface area contributed by atoms with Crippen molar-refractivity contribution in [3.63, 3.8) is 0 Å². The van der Waals surface area contributed by atoms with Crippen molar-refractivity contribution >= 4 is 11.7 Å². The van der Waals surface area contributed by atoms with Crippen LogP contribution >= 0.6 is 0 Å². The van der Waals surface area contributed by atoms with Crippen LogP contribution in [0.4, 0.5) is 10.5 Å². The second-order valence-corrected chi connectivity index (χ2v) is 6.97. The third-order valence-corrected chi connectivity index (χ3v) is 5.02. The van der Waals surface area contributed by atoms with E-state index >= 15 is 0 Å². The number of para-hydroxylation sites is 1. The highest BCUT2D eigenvalue weighted by atomic mass is 16.2. The highest BCUT2D eigenvalue weighted by Crippen LogP contribution is 2.40. The summed E-state index contributed by atoms with van der Waals surface area (Å²) in [5.41, 5.74) is 2.45. The van der Waals surface area contributed by atoms with Crippen LogP contribution in [-0.2, 0) is 6.54 Å². The Morgan fingerprint density at radius 2 is 1.83 bits per heavy atom. The van der Waals surface area contributed by atoms with Gasteiger partial charge < -0.3 is 10.2 Å². The zero-order chi connectivity index (χ0) is 16.4. The van der Waals surface area contributed by atoms with Crippen LogP contribution in [0.1, 0.15) is 12.0 Å². The van der Waals surface area contributed by atoms with Crippen LogP contribution in [-0.4, -0.2) is 47.0 Å². The molecule has 5 nitrogen and oxygen atoms in total. The number of nitrogens with one attached hydrogen (secondary N) is 1. The second kappa shape index (κ2) is 6.24. The van der Waals surface area contributed by atoms with Crippen LogP contribution in [0.5, 0.6) is 0 Å². The monoisotopic (exact) mass is 322 g/mol. The molecule has 2 aromatic rings. The number of nitrogens with zero attached hydrogens (tertiary/aromatic N) is 3. The molecule has 2 amide bonds. The minimum absolute atomic E-state index is 0.0191. The number of likely N-dealkylation sites (tertiary alicyclic amines) is 2. The van der Waals surface area contributed by atoms with Gasteiger partial charge in [0, 0.05) is 56.2 Å². The molecule has 0 radical (unpaired) electrons. The van der Waals surface area contributed by atoms with E-state index < -0.39 is 0 Å². The average molecular weight is 322 g/mol. The fourth-order valence-corrected chi connectivity index (χ4v) is 3.85. The molecule has 1 aromatic heterocycles. The first-order valence-corrected chi connectivity index (χ1v) is 8.45. The number of pyridine rings is 1. The minimum Gasteiger partial charge on any atom is -0.324 e. The van der Waals surface area contributed by atoms with E-state index in [-0.39, 0.29) is 6.03 Å². The number of rotatable bonds is 3. The molecule has 0 saturated carbocycles. The van der Waals surface area contributed by atoms with Gasteiger partial charge in [0.15, 0.2) is 0 Å². The van der Waals surface area contributed by atoms with Crippen LogP contribution in [0.15, 0.2) is 54.9 Å². The zero-order valence-electron chi connectivity index (χ0n) is 13.7. The quantitative estimate of drug-likeness (QED) is 0.945. The third-order valence-electron chi connectivity index (χ3n) is 5.02. The van der Waals surface area contributed by atoms with Gasteiger partial charge in [0.1, 0.15) is 0 Å². The molecule has 2 saturated heterocycles. The van der Waals surface area contributed by atoms with Crippen molar-refractivity contribution in [2.24, 2.45) is 5.41 Å². The number of carbonyl (C=O) groups excluding carboxylic acids is 1. The largest absolute Gasteiger partial charge is 0.324 e. The van der Waals surface area contributed by atoms with E-state index in [2.05, 4.69) is 27.3 Å². The van der Waals surface area contributed by atoms with Crippen molar-refractivity contribution < 1.29 is 4.79 Å². The predicted molar refractivity (Wildman–Crippen MR) is 93.6 cm³/mol. The molecular weight excluding hydrogens is 300 g/mol. The van der Waals surface area contributed by atoms with Gasteiger partial charge in [-0.1, -0.05) is 18.2 Å². The molecule has 4 rings (SSSR count). The maximum absolute atomic E-state index is 12.4. The fraction of sp³-hybridized carbons (Fsp3) is 0.368. The Hall–Kier alpha value is -2.40. The predicted octanol–water partition coefficient (Wildman–Crippen LogP) is 2.82. The number of anilines is 1. The van der Waals surface area contributed by atoms with E-state index in [1.54, 1.807) is 0 Å². The van der Waals surface area contributed by atoms with Gasteiger partial charge in [-0.25, -0.2) is 4.79 Å². The summed E-state index contributed by atoms with van der Waals surface area (Å²) < 4.78 is 0. The van der Waals surface area contributed by atoms with Crippen LogP contribution < -0.4 is 5.32 Å². The molecule has 1 N–H and O–H groups in total. The second-order valence-electron chi connectivity index (χ2n) is 6.97. The van der Waals surface area contributed by atoms with Crippen molar-refractivity contribution in [2.45, 2.75) is 13.0 Å². The molecule has 0 unspecified atom stereocenters. The number of urea groups is 1. The molecule has 0 atom stereocenters. The molecule has 0 aliphatic carbocycles. The highest BCUT2D eigenvalue weighted by Gasteiger charge is 2.48. The summed E-state index contributed by atoms with van der Waals surface area (Å²) in [5, 5.41) is 2.99. The van der Waals surface area contributed by atoms with Gasteiger partial charge in [0.2, 0.25) is 0 Å². The summed E-state index contributed by atoms with van der Waals surface area (Å²) in [5.74, 6) is 0. The summed E-state index contributed by atoms with van der Waals surface area (Å²) in [6.45, 7) is 4.83. The van der Waals surface area contributed by atoms with Gasteiger partial charge in [-0.2, -0.15) is 0 Å². The first-order valence-electron chi connectivity index (χ1n) is 8.45. The zero-order valence-corrected chi connectivity index (χ0v) is 13.7. The summed E-state index contributed by atoms with van der Waals surface area (Å²) >= 11 is 0. The van der Waals surface area contributed by atoms with E-state index in [1.165, 1.54) is 5.56 Å². The van der Waals surface area contributed by atoms with Crippen molar-refractivity contribution in [3.05, 3.63) is 60.4 Å². The number of amides is 2. The number of hydrogen-bond acceptors (Lipinski definition) is 3. The minimum atomic E-state index is 0.0191. The smallest absolute Gasteiger partial charge is 0.321 e. The van der Waals surface area contributed by atoms with Crippen LogP contribution in [0.25, 0.3) is 0 Å². The Morgan fingerprint density at radius 3 is 2.58 bits per heavy atom. The summed E-state index contributed by atoms with van der Waals surface area (Å²) in [6.07, 6.45) is 4.79. The molecule has 5 heteroatoms. The Bertz CT molecular complexity index is 698. The van der Waals surface area contributed by atoms with Gasteiger partial charge in [-0.05, 0) is 36.2 Å². The summed E-state index contributed by atoms with van der Waals surface area (Å²) in [7, 11) is 0. The third kappa shape index (κ3) is 3.12. The van der Waals surface area contributed by atoms with Crippen molar-refractivity contribution in [3.8, 4) is 0 Å². The van der Waals surface area contributed by atoms with Gasteiger partial charge >= 0.3 is 6.03 Å². The lowest BCUT2D eigenvalue weighted by atomic mass is 9.79. The lowest BCUT2D eigenvalue weighted by molar-refractivity contribution is 0.00482. The van der Waals surface area contributed by atoms with Crippen molar-refractivity contribution in [1.82, 2.24) is 14.8 Å². The number of benzene rings is 1. The molecule has 2 aliphatic heterocycles. The van der Waals surface area contributed by atoms with Gasteiger partial charge in [0.05, 0.1) is 0 Å². The van der Waals surface area contributed by atoms with Crippen molar-refractivity contribution in [2.75, 3.05) is 31.5 Å². The molecule has 1 aromatic carbocycles. The maximum atomic E-state index is 12.4. The van der Waals surface area contributed by atoms with E-state index in [0.29, 0.717) is 5.41 Å². The van der Waals surface area contributed by atoms with Crippen LogP contribution in [0.3, 0.4) is 0 Å². The number of aromatic nitrogens is 1. The molecule has 2 fully saturated rings. The van der Waals surface area contributed by atoms with Gasteiger partial charge in [-0.15, -0.1) is 0 Å².